The largest absolute Gasteiger partial charge is 0.465 e. The molecule has 0 amide bonds. The van der Waals surface area contributed by atoms with E-state index in [1.165, 1.54) is 0 Å². The molecule has 21 heavy (non-hydrogen) atoms. The van der Waals surface area contributed by atoms with Gasteiger partial charge in [-0.25, -0.2) is 4.98 Å². The Kier molecular flexibility index (Phi) is 4.08. The number of carbonyl (C=O) groups is 1. The Bertz CT molecular complexity index is 669. The topological polar surface area (TPSA) is 44.1 Å². The van der Waals surface area contributed by atoms with Crippen molar-refractivity contribution in [3.63, 3.8) is 0 Å². The fourth-order valence-electron chi connectivity index (χ4n) is 2.58. The summed E-state index contributed by atoms with van der Waals surface area (Å²) >= 11 is 0. The summed E-state index contributed by atoms with van der Waals surface area (Å²) in [5, 5.41) is 0. The summed E-state index contributed by atoms with van der Waals surface area (Å²) in [5.74, 6) is 0.524. The molecule has 0 unspecified atom stereocenters. The molecule has 0 radical (unpaired) electrons. The minimum absolute atomic E-state index is 0.224. The van der Waals surface area contributed by atoms with Gasteiger partial charge in [0, 0.05) is 6.04 Å². The van der Waals surface area contributed by atoms with Gasteiger partial charge in [-0.1, -0.05) is 6.07 Å². The molecule has 0 aliphatic carbocycles. The summed E-state index contributed by atoms with van der Waals surface area (Å²) in [6, 6.07) is 6.42. The predicted molar refractivity (Wildman–Crippen MR) is 84.5 cm³/mol. The number of nitrogens with zero attached hydrogens (tertiary/aromatic N) is 2. The predicted octanol–water partition coefficient (Wildman–Crippen LogP) is 3.77. The first-order valence-corrected chi connectivity index (χ1v) is 7.45. The van der Waals surface area contributed by atoms with E-state index in [0.29, 0.717) is 6.61 Å². The zero-order valence-electron chi connectivity index (χ0n) is 13.7. The van der Waals surface area contributed by atoms with E-state index in [1.54, 1.807) is 0 Å². The molecule has 2 aromatic rings. The zero-order valence-corrected chi connectivity index (χ0v) is 13.7. The number of aromatic nitrogens is 2. The summed E-state index contributed by atoms with van der Waals surface area (Å²) in [6.45, 7) is 12.2. The highest BCUT2D eigenvalue weighted by Crippen LogP contribution is 2.31. The Balaban J connectivity index is 2.67. The normalized spacial score (nSPS) is 12.1. The Morgan fingerprint density at radius 3 is 2.62 bits per heavy atom. The smallest absolute Gasteiger partial charge is 0.319 e. The van der Waals surface area contributed by atoms with Gasteiger partial charge in [-0.15, -0.1) is 0 Å². The van der Waals surface area contributed by atoms with E-state index in [1.807, 2.05) is 27.7 Å². The van der Waals surface area contributed by atoms with E-state index >= 15 is 0 Å². The molecule has 0 fully saturated rings. The van der Waals surface area contributed by atoms with Crippen molar-refractivity contribution >= 4 is 17.0 Å². The molecule has 0 spiro atoms. The van der Waals surface area contributed by atoms with E-state index in [4.69, 9.17) is 9.72 Å². The average Bonchev–Trinajstić information content (AvgIpc) is 2.78. The summed E-state index contributed by atoms with van der Waals surface area (Å²) < 4.78 is 7.35. The van der Waals surface area contributed by atoms with Gasteiger partial charge in [0.2, 0.25) is 0 Å². The second-order valence-electron chi connectivity index (χ2n) is 6.24. The standard InChI is InChI=1S/C17H24N2O2/c1-7-21-16(20)17(5,6)15-18-13-10-12(4)8-9-14(13)19(15)11(2)3/h8-11H,7H2,1-6H3. The number of imidazole rings is 1. The number of hydrogen-bond donors (Lipinski definition) is 0. The van der Waals surface area contributed by atoms with Crippen LogP contribution in [0.2, 0.25) is 0 Å². The summed E-state index contributed by atoms with van der Waals surface area (Å²) in [5.41, 5.74) is 2.38. The van der Waals surface area contributed by atoms with Gasteiger partial charge in [-0.3, -0.25) is 4.79 Å². The third kappa shape index (κ3) is 2.67. The molecule has 0 aliphatic heterocycles. The highest BCUT2D eigenvalue weighted by atomic mass is 16.5. The monoisotopic (exact) mass is 288 g/mol. The number of carbonyl (C=O) groups excluding carboxylic acids is 1. The Labute approximate surface area is 126 Å². The summed E-state index contributed by atoms with van der Waals surface area (Å²) in [7, 11) is 0. The quantitative estimate of drug-likeness (QED) is 0.804. The first kappa shape index (κ1) is 15.5. The van der Waals surface area contributed by atoms with E-state index in [2.05, 4.69) is 36.6 Å². The van der Waals surface area contributed by atoms with Gasteiger partial charge in [0.15, 0.2) is 0 Å². The molecule has 0 aliphatic rings. The molecule has 0 saturated carbocycles. The maximum absolute atomic E-state index is 12.3. The highest BCUT2D eigenvalue weighted by molar-refractivity contribution is 5.84. The first-order valence-electron chi connectivity index (χ1n) is 7.45. The molecule has 0 N–H and O–H groups in total. The first-order chi connectivity index (χ1) is 9.78. The van der Waals surface area contributed by atoms with Crippen molar-refractivity contribution in [3.8, 4) is 0 Å². The summed E-state index contributed by atoms with van der Waals surface area (Å²) in [6.07, 6.45) is 0. The van der Waals surface area contributed by atoms with Crippen LogP contribution >= 0.6 is 0 Å². The van der Waals surface area contributed by atoms with Crippen molar-refractivity contribution in [2.75, 3.05) is 6.61 Å². The lowest BCUT2D eigenvalue weighted by molar-refractivity contribution is -0.149. The summed E-state index contributed by atoms with van der Waals surface area (Å²) in [4.78, 5) is 17.0. The van der Waals surface area contributed by atoms with Crippen molar-refractivity contribution in [2.24, 2.45) is 0 Å². The minimum Gasteiger partial charge on any atom is -0.465 e. The van der Waals surface area contributed by atoms with Crippen LogP contribution in [0.1, 0.15) is 52.0 Å². The number of hydrogen-bond acceptors (Lipinski definition) is 3. The van der Waals surface area contributed by atoms with Gasteiger partial charge in [-0.05, 0) is 59.2 Å². The Morgan fingerprint density at radius 1 is 1.38 bits per heavy atom. The molecule has 2 rings (SSSR count). The highest BCUT2D eigenvalue weighted by Gasteiger charge is 2.37. The lowest BCUT2D eigenvalue weighted by atomic mass is 9.92. The average molecular weight is 288 g/mol. The lowest BCUT2D eigenvalue weighted by Gasteiger charge is -2.24. The van der Waals surface area contributed by atoms with E-state index < -0.39 is 5.41 Å². The Morgan fingerprint density at radius 2 is 2.05 bits per heavy atom. The fourth-order valence-corrected chi connectivity index (χ4v) is 2.58. The van der Waals surface area contributed by atoms with Crippen LogP contribution in [0.15, 0.2) is 18.2 Å². The fraction of sp³-hybridized carbons (Fsp3) is 0.529. The molecule has 1 aromatic heterocycles. The third-order valence-corrected chi connectivity index (χ3v) is 3.71. The van der Waals surface area contributed by atoms with Crippen molar-refractivity contribution in [1.82, 2.24) is 9.55 Å². The molecular weight excluding hydrogens is 264 g/mol. The molecule has 0 bridgehead atoms. The number of fused-ring (bicyclic) bond motifs is 1. The second-order valence-corrected chi connectivity index (χ2v) is 6.24. The van der Waals surface area contributed by atoms with E-state index in [0.717, 1.165) is 22.4 Å². The number of rotatable bonds is 4. The molecule has 0 saturated heterocycles. The molecule has 114 valence electrons. The van der Waals surface area contributed by atoms with E-state index in [9.17, 15) is 4.79 Å². The van der Waals surface area contributed by atoms with Gasteiger partial charge < -0.3 is 9.30 Å². The SMILES string of the molecule is CCOC(=O)C(C)(C)c1nc2cc(C)ccc2n1C(C)C. The van der Waals surface area contributed by atoms with Gasteiger partial charge in [-0.2, -0.15) is 0 Å². The molecular formula is C17H24N2O2. The van der Waals surface area contributed by atoms with Crippen LogP contribution < -0.4 is 0 Å². The van der Waals surface area contributed by atoms with Gasteiger partial charge >= 0.3 is 5.97 Å². The van der Waals surface area contributed by atoms with Gasteiger partial charge in [0.25, 0.3) is 0 Å². The lowest BCUT2D eigenvalue weighted by Crippen LogP contribution is -2.34. The van der Waals surface area contributed by atoms with Gasteiger partial charge in [0.1, 0.15) is 11.2 Å². The number of esters is 1. The van der Waals surface area contributed by atoms with E-state index in [-0.39, 0.29) is 12.0 Å². The van der Waals surface area contributed by atoms with Crippen LogP contribution in [0, 0.1) is 6.92 Å². The van der Waals surface area contributed by atoms with Crippen LogP contribution in [0.5, 0.6) is 0 Å². The third-order valence-electron chi connectivity index (χ3n) is 3.71. The van der Waals surface area contributed by atoms with Crippen molar-refractivity contribution < 1.29 is 9.53 Å². The Hall–Kier alpha value is -1.84. The molecule has 0 atom stereocenters. The van der Waals surface area contributed by atoms with Crippen LogP contribution in [0.3, 0.4) is 0 Å². The molecule has 1 heterocycles. The van der Waals surface area contributed by atoms with Crippen LogP contribution in [-0.2, 0) is 14.9 Å². The maximum Gasteiger partial charge on any atom is 0.319 e. The number of benzene rings is 1. The van der Waals surface area contributed by atoms with Crippen molar-refractivity contribution in [1.29, 1.82) is 0 Å². The van der Waals surface area contributed by atoms with Crippen LogP contribution in [0.25, 0.3) is 11.0 Å². The molecule has 1 aromatic carbocycles. The maximum atomic E-state index is 12.3. The molecule has 4 nitrogen and oxygen atoms in total. The second kappa shape index (κ2) is 5.51. The van der Waals surface area contributed by atoms with Crippen molar-refractivity contribution in [3.05, 3.63) is 29.6 Å². The van der Waals surface area contributed by atoms with Crippen molar-refractivity contribution in [2.45, 2.75) is 53.0 Å². The van der Waals surface area contributed by atoms with Crippen LogP contribution in [0.4, 0.5) is 0 Å². The number of aryl methyl sites for hydroxylation is 1. The van der Waals surface area contributed by atoms with Crippen LogP contribution in [-0.4, -0.2) is 22.1 Å². The number of ether oxygens (including phenoxy) is 1. The molecule has 4 heteroatoms. The zero-order chi connectivity index (χ0) is 15.8. The minimum atomic E-state index is -0.771. The van der Waals surface area contributed by atoms with Gasteiger partial charge in [0.05, 0.1) is 17.6 Å².